The van der Waals surface area contributed by atoms with Crippen LogP contribution in [0.15, 0.2) is 48.0 Å². The molecule has 0 spiro atoms. The van der Waals surface area contributed by atoms with Gasteiger partial charge in [-0.25, -0.2) is 8.78 Å². The molecular weight excluding hydrogens is 587 g/mol. The molecule has 2 aliphatic rings. The smallest absolute Gasteiger partial charge is 0.237 e. The van der Waals surface area contributed by atoms with Gasteiger partial charge in [-0.3, -0.25) is 4.79 Å². The number of hydrogen-bond donors (Lipinski definition) is 4. The predicted molar refractivity (Wildman–Crippen MR) is 156 cm³/mol. The van der Waals surface area contributed by atoms with Crippen LogP contribution in [0.1, 0.15) is 50.2 Å². The molecule has 4 rings (SSSR count). The van der Waals surface area contributed by atoms with E-state index >= 15 is 8.78 Å². The van der Waals surface area contributed by atoms with E-state index < -0.39 is 59.1 Å². The first-order valence-electron chi connectivity index (χ1n) is 13.9. The van der Waals surface area contributed by atoms with Crippen molar-refractivity contribution in [3.8, 4) is 6.07 Å². The summed E-state index contributed by atoms with van der Waals surface area (Å²) in [6, 6.07) is 8.68. The van der Waals surface area contributed by atoms with Gasteiger partial charge in [-0.1, -0.05) is 66.9 Å². The Morgan fingerprint density at radius 3 is 2.71 bits per heavy atom. The molecule has 2 aromatic carbocycles. The lowest BCUT2D eigenvalue weighted by Crippen LogP contribution is -2.46. The van der Waals surface area contributed by atoms with Crippen molar-refractivity contribution in [2.24, 2.45) is 5.41 Å². The summed E-state index contributed by atoms with van der Waals surface area (Å²) in [6.07, 6.45) is 2.02. The number of aliphatic hydroxyl groups is 2. The summed E-state index contributed by atoms with van der Waals surface area (Å²) in [6.45, 7) is 4.58. The second kappa shape index (κ2) is 13.4. The van der Waals surface area contributed by atoms with Crippen LogP contribution in [0.2, 0.25) is 10.0 Å². The van der Waals surface area contributed by atoms with E-state index in [-0.39, 0.29) is 34.1 Å². The number of benzene rings is 2. The van der Waals surface area contributed by atoms with Gasteiger partial charge >= 0.3 is 0 Å². The Balaban J connectivity index is 1.90. The lowest BCUT2D eigenvalue weighted by atomic mass is 9.61. The fraction of sp³-hybridized carbons (Fsp3) is 0.484. The maximum atomic E-state index is 15.9. The Kier molecular flexibility index (Phi) is 10.3. The lowest BCUT2D eigenvalue weighted by Gasteiger charge is -2.39. The molecule has 0 unspecified atom stereocenters. The van der Waals surface area contributed by atoms with Gasteiger partial charge in [-0.15, -0.1) is 0 Å². The number of carbonyl (C=O) groups excluding carboxylic acids is 1. The topological polar surface area (TPSA) is 115 Å². The molecule has 5 atom stereocenters. The van der Waals surface area contributed by atoms with Crippen LogP contribution in [0.25, 0.3) is 0 Å². The molecule has 7 nitrogen and oxygen atoms in total. The van der Waals surface area contributed by atoms with Gasteiger partial charge < -0.3 is 25.6 Å². The van der Waals surface area contributed by atoms with Crippen molar-refractivity contribution in [3.05, 3.63) is 80.9 Å². The zero-order valence-corrected chi connectivity index (χ0v) is 25.0. The second-order valence-electron chi connectivity index (χ2n) is 11.5. The Bertz CT molecular complexity index is 1380. The number of nitrogens with one attached hydrogen (secondary N) is 2. The minimum atomic E-state index is -1.77. The summed E-state index contributed by atoms with van der Waals surface area (Å²) in [5.74, 6) is -3.33. The van der Waals surface area contributed by atoms with Crippen molar-refractivity contribution in [3.63, 3.8) is 0 Å². The van der Waals surface area contributed by atoms with Crippen LogP contribution in [0, 0.1) is 28.4 Å². The number of halogens is 4. The molecule has 2 heterocycles. The normalized spacial score (nSPS) is 25.0. The maximum absolute atomic E-state index is 15.9. The summed E-state index contributed by atoms with van der Waals surface area (Å²) < 4.78 is 37.2. The van der Waals surface area contributed by atoms with Gasteiger partial charge in [-0.05, 0) is 48.4 Å². The summed E-state index contributed by atoms with van der Waals surface area (Å²) >= 11 is 12.3. The van der Waals surface area contributed by atoms with E-state index in [0.29, 0.717) is 26.1 Å². The molecule has 1 fully saturated rings. The monoisotopic (exact) mass is 621 g/mol. The largest absolute Gasteiger partial charge is 0.394 e. The molecule has 2 aliphatic heterocycles. The van der Waals surface area contributed by atoms with E-state index in [9.17, 15) is 15.2 Å². The van der Waals surface area contributed by atoms with Gasteiger partial charge in [0, 0.05) is 29.1 Å². The Morgan fingerprint density at radius 2 is 2.07 bits per heavy atom. The van der Waals surface area contributed by atoms with Crippen LogP contribution in [-0.4, -0.2) is 60.7 Å². The number of nitrogens with zero attached hydrogens (tertiary/aromatic N) is 1. The number of carbonyl (C=O) groups is 1. The first-order chi connectivity index (χ1) is 20.0. The van der Waals surface area contributed by atoms with E-state index in [2.05, 4.69) is 16.7 Å². The van der Waals surface area contributed by atoms with E-state index in [4.69, 9.17) is 33.0 Å². The van der Waals surface area contributed by atoms with Crippen LogP contribution in [0.3, 0.4) is 0 Å². The predicted octanol–water partition coefficient (Wildman–Crippen LogP) is 4.78. The van der Waals surface area contributed by atoms with Crippen molar-refractivity contribution < 1.29 is 28.5 Å². The molecule has 0 aromatic heterocycles. The molecule has 226 valence electrons. The Hall–Kier alpha value is -2.58. The van der Waals surface area contributed by atoms with E-state index in [0.717, 1.165) is 11.6 Å². The van der Waals surface area contributed by atoms with Crippen LogP contribution < -0.4 is 10.6 Å². The molecule has 0 radical (unpaired) electrons. The van der Waals surface area contributed by atoms with Gasteiger partial charge in [0.2, 0.25) is 5.91 Å². The minimum absolute atomic E-state index is 0.00738. The quantitative estimate of drug-likeness (QED) is 0.284. The SMILES string of the molecule is CC(C)(C[C@@H]1N[C@@H](C(=O)NCC[C@H](O)CO)[C@H](c2cccc(Cl)c2F)[C@@]1(C#N)c1ccc(Cl)cc1F)C1=CCOCC1. The van der Waals surface area contributed by atoms with Crippen molar-refractivity contribution in [1.29, 1.82) is 5.26 Å². The van der Waals surface area contributed by atoms with Gasteiger partial charge in [0.25, 0.3) is 0 Å². The first kappa shape index (κ1) is 32.3. The number of ether oxygens (including phenoxy) is 1. The molecule has 2 aromatic rings. The average molecular weight is 623 g/mol. The fourth-order valence-corrected chi connectivity index (χ4v) is 6.63. The number of amides is 1. The standard InChI is InChI=1S/C31H35Cl2F2N3O4/c1-30(2,18-9-12-42-13-10-18)15-25-31(17-36,22-7-6-19(32)14-24(22)34)26(21-4-3-5-23(33)27(21)35)28(38-25)29(41)37-11-8-20(40)16-39/h3-7,9,14,20,25-26,28,38-40H,8,10-13,15-16H2,1-2H3,(H,37,41)/t20-,25-,26-,28+,31-/m0/s1. The van der Waals surface area contributed by atoms with E-state index in [1.54, 1.807) is 0 Å². The molecule has 4 N–H and O–H groups in total. The third-order valence-electron chi connectivity index (χ3n) is 8.45. The van der Waals surface area contributed by atoms with E-state index in [1.807, 2.05) is 19.9 Å². The number of hydrogen-bond acceptors (Lipinski definition) is 6. The van der Waals surface area contributed by atoms with Gasteiger partial charge in [-0.2, -0.15) is 5.26 Å². The zero-order valence-electron chi connectivity index (χ0n) is 23.5. The second-order valence-corrected chi connectivity index (χ2v) is 12.3. The molecule has 42 heavy (non-hydrogen) atoms. The van der Waals surface area contributed by atoms with Crippen LogP contribution in [0.5, 0.6) is 0 Å². The molecule has 0 bridgehead atoms. The van der Waals surface area contributed by atoms with Crippen molar-refractivity contribution >= 4 is 29.1 Å². The number of aliphatic hydroxyl groups excluding tert-OH is 2. The van der Waals surface area contributed by atoms with Crippen molar-refractivity contribution in [1.82, 2.24) is 10.6 Å². The maximum Gasteiger partial charge on any atom is 0.237 e. The van der Waals surface area contributed by atoms with E-state index in [1.165, 1.54) is 30.3 Å². The average Bonchev–Trinajstić information content (AvgIpc) is 3.28. The third-order valence-corrected chi connectivity index (χ3v) is 8.98. The molecule has 1 saturated heterocycles. The summed E-state index contributed by atoms with van der Waals surface area (Å²) in [5.41, 5.74) is -1.18. The molecule has 11 heteroatoms. The van der Waals surface area contributed by atoms with Gasteiger partial charge in [0.1, 0.15) is 17.0 Å². The molecular formula is C31H35Cl2F2N3O4. The highest BCUT2D eigenvalue weighted by Crippen LogP contribution is 2.53. The Morgan fingerprint density at radius 1 is 1.31 bits per heavy atom. The molecule has 0 aliphatic carbocycles. The summed E-state index contributed by atoms with van der Waals surface area (Å²) in [4.78, 5) is 13.8. The van der Waals surface area contributed by atoms with Gasteiger partial charge in [0.05, 0.1) is 43.1 Å². The minimum Gasteiger partial charge on any atom is -0.394 e. The third kappa shape index (κ3) is 6.35. The van der Waals surface area contributed by atoms with Crippen molar-refractivity contribution in [2.45, 2.75) is 62.6 Å². The first-order valence-corrected chi connectivity index (χ1v) is 14.6. The highest BCUT2D eigenvalue weighted by atomic mass is 35.5. The molecule has 1 amide bonds. The van der Waals surface area contributed by atoms with Crippen molar-refractivity contribution in [2.75, 3.05) is 26.4 Å². The van der Waals surface area contributed by atoms with Crippen LogP contribution >= 0.6 is 23.2 Å². The number of nitriles is 1. The highest BCUT2D eigenvalue weighted by Gasteiger charge is 2.61. The summed E-state index contributed by atoms with van der Waals surface area (Å²) in [7, 11) is 0. The lowest BCUT2D eigenvalue weighted by molar-refractivity contribution is -0.123. The zero-order chi connectivity index (χ0) is 30.7. The molecule has 0 saturated carbocycles. The summed E-state index contributed by atoms with van der Waals surface area (Å²) in [5, 5.41) is 35.9. The Labute approximate surface area is 254 Å². The van der Waals surface area contributed by atoms with Crippen LogP contribution in [0.4, 0.5) is 8.78 Å². The number of rotatable bonds is 10. The van der Waals surface area contributed by atoms with Gasteiger partial charge in [0.15, 0.2) is 0 Å². The fourth-order valence-electron chi connectivity index (χ4n) is 6.29. The van der Waals surface area contributed by atoms with Crippen LogP contribution in [-0.2, 0) is 14.9 Å². The highest BCUT2D eigenvalue weighted by molar-refractivity contribution is 6.31.